The molecular weight excluding hydrogens is 393 g/mol. The van der Waals surface area contributed by atoms with E-state index in [0.29, 0.717) is 16.5 Å². The summed E-state index contributed by atoms with van der Waals surface area (Å²) in [7, 11) is 1.59. The minimum atomic E-state index is -4.74. The third kappa shape index (κ3) is 5.20. The largest absolute Gasteiger partial charge is 0.573 e. The Morgan fingerprint density at radius 2 is 1.89 bits per heavy atom. The molecular formula is C19H17F3N2O3S. The summed E-state index contributed by atoms with van der Waals surface area (Å²) in [5, 5.41) is 11.0. The van der Waals surface area contributed by atoms with Gasteiger partial charge in [0.25, 0.3) is 0 Å². The molecule has 0 aliphatic rings. The summed E-state index contributed by atoms with van der Waals surface area (Å²) in [6, 6.07) is 12.6. The zero-order valence-corrected chi connectivity index (χ0v) is 15.6. The number of ether oxygens (including phenoxy) is 2. The van der Waals surface area contributed by atoms with E-state index in [0.717, 1.165) is 5.69 Å². The third-order valence-corrected chi connectivity index (χ3v) is 4.85. The zero-order chi connectivity index (χ0) is 20.1. The molecule has 1 N–H and O–H groups in total. The minimum absolute atomic E-state index is 0.278. The molecule has 9 heteroatoms. The summed E-state index contributed by atoms with van der Waals surface area (Å²) >= 11 is 1.33. The molecule has 0 spiro atoms. The van der Waals surface area contributed by atoms with Gasteiger partial charge in [-0.05, 0) is 29.8 Å². The molecule has 1 aromatic heterocycles. The molecule has 0 amide bonds. The number of alkyl halides is 3. The first kappa shape index (κ1) is 20.1. The highest BCUT2D eigenvalue weighted by Crippen LogP contribution is 2.29. The van der Waals surface area contributed by atoms with E-state index < -0.39 is 12.5 Å². The van der Waals surface area contributed by atoms with Crippen molar-refractivity contribution in [3.8, 4) is 17.2 Å². The molecule has 0 saturated carbocycles. The van der Waals surface area contributed by atoms with Crippen LogP contribution < -0.4 is 9.47 Å². The number of aromatic nitrogens is 2. The van der Waals surface area contributed by atoms with E-state index in [2.05, 4.69) is 9.72 Å². The first-order chi connectivity index (χ1) is 13.4. The molecule has 5 nitrogen and oxygen atoms in total. The first-order valence-corrected chi connectivity index (χ1v) is 9.18. The number of aliphatic hydroxyl groups excluding tert-OH is 1. The second-order valence-corrected chi connectivity index (χ2v) is 6.71. The predicted molar refractivity (Wildman–Crippen MR) is 98.9 cm³/mol. The van der Waals surface area contributed by atoms with Gasteiger partial charge in [0.1, 0.15) is 11.5 Å². The smallest absolute Gasteiger partial charge is 0.497 e. The zero-order valence-electron chi connectivity index (χ0n) is 14.8. The van der Waals surface area contributed by atoms with Crippen LogP contribution in [-0.4, -0.2) is 33.9 Å². The molecule has 3 rings (SSSR count). The Hall–Kier alpha value is -2.65. The third-order valence-electron chi connectivity index (χ3n) is 3.81. The fourth-order valence-electron chi connectivity index (χ4n) is 2.49. The molecule has 0 radical (unpaired) electrons. The summed E-state index contributed by atoms with van der Waals surface area (Å²) in [5.41, 5.74) is 1.35. The molecule has 0 fully saturated rings. The van der Waals surface area contributed by atoms with Gasteiger partial charge in [0, 0.05) is 24.2 Å². The Morgan fingerprint density at radius 1 is 1.14 bits per heavy atom. The van der Waals surface area contributed by atoms with Crippen LogP contribution in [0.2, 0.25) is 0 Å². The Labute approximate surface area is 163 Å². The average Bonchev–Trinajstić information content (AvgIpc) is 3.14. The Bertz CT molecular complexity index is 913. The lowest BCUT2D eigenvalue weighted by molar-refractivity contribution is -0.274. The lowest BCUT2D eigenvalue weighted by Crippen LogP contribution is -2.17. The maximum atomic E-state index is 12.2. The van der Waals surface area contributed by atoms with Crippen molar-refractivity contribution in [3.63, 3.8) is 0 Å². The van der Waals surface area contributed by atoms with Crippen molar-refractivity contribution < 1.29 is 27.8 Å². The molecule has 0 aliphatic heterocycles. The fraction of sp³-hybridized carbons (Fsp3) is 0.211. The van der Waals surface area contributed by atoms with Gasteiger partial charge in [0.15, 0.2) is 5.16 Å². The SMILES string of the molecule is COc1cccc(-n2ccnc2SCC(O)c2ccc(OC(F)(F)F)cc2)c1. The van der Waals surface area contributed by atoms with Gasteiger partial charge in [-0.3, -0.25) is 4.57 Å². The van der Waals surface area contributed by atoms with Crippen molar-refractivity contribution in [1.29, 1.82) is 0 Å². The number of hydrogen-bond donors (Lipinski definition) is 1. The standard InChI is InChI=1S/C19H17F3N2O3S/c1-26-16-4-2-3-14(11-16)24-10-9-23-18(24)28-12-17(25)13-5-7-15(8-6-13)27-19(20,21)22/h2-11,17,25H,12H2,1H3. The van der Waals surface area contributed by atoms with E-state index in [-0.39, 0.29) is 11.5 Å². The van der Waals surface area contributed by atoms with E-state index in [1.165, 1.54) is 36.0 Å². The van der Waals surface area contributed by atoms with Crippen LogP contribution in [0.3, 0.4) is 0 Å². The van der Waals surface area contributed by atoms with Crippen molar-refractivity contribution in [2.24, 2.45) is 0 Å². The number of aliphatic hydroxyl groups is 1. The lowest BCUT2D eigenvalue weighted by Gasteiger charge is -2.13. The van der Waals surface area contributed by atoms with Gasteiger partial charge in [0.2, 0.25) is 0 Å². The summed E-state index contributed by atoms with van der Waals surface area (Å²) in [6.07, 6.45) is -2.17. The second-order valence-electron chi connectivity index (χ2n) is 5.72. The summed E-state index contributed by atoms with van der Waals surface area (Å²) in [4.78, 5) is 4.30. The molecule has 28 heavy (non-hydrogen) atoms. The van der Waals surface area contributed by atoms with Gasteiger partial charge < -0.3 is 14.6 Å². The summed E-state index contributed by atoms with van der Waals surface area (Å²) in [6.45, 7) is 0. The number of methoxy groups -OCH3 is 1. The van der Waals surface area contributed by atoms with Gasteiger partial charge in [-0.1, -0.05) is 30.0 Å². The number of rotatable bonds is 7. The van der Waals surface area contributed by atoms with Crippen molar-refractivity contribution in [3.05, 3.63) is 66.5 Å². The van der Waals surface area contributed by atoms with Crippen LogP contribution in [0.15, 0.2) is 66.1 Å². The van der Waals surface area contributed by atoms with Crippen LogP contribution in [-0.2, 0) is 0 Å². The predicted octanol–water partition coefficient (Wildman–Crippen LogP) is 4.61. The van der Waals surface area contributed by atoms with Gasteiger partial charge in [-0.15, -0.1) is 13.2 Å². The second kappa shape index (κ2) is 8.57. The number of benzene rings is 2. The van der Waals surface area contributed by atoms with Gasteiger partial charge in [0.05, 0.1) is 18.9 Å². The van der Waals surface area contributed by atoms with E-state index >= 15 is 0 Å². The van der Waals surface area contributed by atoms with E-state index in [9.17, 15) is 18.3 Å². The van der Waals surface area contributed by atoms with Crippen molar-refractivity contribution in [1.82, 2.24) is 9.55 Å². The highest BCUT2D eigenvalue weighted by molar-refractivity contribution is 7.99. The molecule has 1 unspecified atom stereocenters. The van der Waals surface area contributed by atoms with Crippen LogP contribution in [0.25, 0.3) is 5.69 Å². The molecule has 0 bridgehead atoms. The van der Waals surface area contributed by atoms with Crippen LogP contribution in [0.5, 0.6) is 11.5 Å². The fourth-order valence-corrected chi connectivity index (χ4v) is 3.43. The van der Waals surface area contributed by atoms with Crippen LogP contribution >= 0.6 is 11.8 Å². The highest BCUT2D eigenvalue weighted by atomic mass is 32.2. The van der Waals surface area contributed by atoms with Gasteiger partial charge >= 0.3 is 6.36 Å². The first-order valence-electron chi connectivity index (χ1n) is 8.20. The minimum Gasteiger partial charge on any atom is -0.497 e. The topological polar surface area (TPSA) is 56.5 Å². The Morgan fingerprint density at radius 3 is 2.57 bits per heavy atom. The Balaban J connectivity index is 1.65. The van der Waals surface area contributed by atoms with Crippen molar-refractivity contribution >= 4 is 11.8 Å². The maximum Gasteiger partial charge on any atom is 0.573 e. The molecule has 0 saturated heterocycles. The number of thioether (sulfide) groups is 1. The van der Waals surface area contributed by atoms with E-state index in [1.54, 1.807) is 19.5 Å². The van der Waals surface area contributed by atoms with Gasteiger partial charge in [-0.25, -0.2) is 4.98 Å². The number of halogens is 3. The van der Waals surface area contributed by atoms with Crippen molar-refractivity contribution in [2.45, 2.75) is 17.6 Å². The maximum absolute atomic E-state index is 12.2. The van der Waals surface area contributed by atoms with Crippen LogP contribution in [0, 0.1) is 0 Å². The van der Waals surface area contributed by atoms with Gasteiger partial charge in [-0.2, -0.15) is 0 Å². The summed E-state index contributed by atoms with van der Waals surface area (Å²) < 4.78 is 47.6. The quantitative estimate of drug-likeness (QED) is 0.577. The average molecular weight is 410 g/mol. The molecule has 1 heterocycles. The summed E-state index contributed by atoms with van der Waals surface area (Å²) in [5.74, 6) is 0.661. The monoisotopic (exact) mass is 410 g/mol. The van der Waals surface area contributed by atoms with E-state index in [4.69, 9.17) is 4.74 Å². The normalized spacial score (nSPS) is 12.6. The molecule has 0 aliphatic carbocycles. The molecule has 148 valence electrons. The lowest BCUT2D eigenvalue weighted by atomic mass is 10.1. The van der Waals surface area contributed by atoms with Crippen LogP contribution in [0.1, 0.15) is 11.7 Å². The highest BCUT2D eigenvalue weighted by Gasteiger charge is 2.31. The molecule has 3 aromatic rings. The molecule has 2 aromatic carbocycles. The number of nitrogens with zero attached hydrogens (tertiary/aromatic N) is 2. The van der Waals surface area contributed by atoms with Crippen molar-refractivity contribution in [2.75, 3.05) is 12.9 Å². The van der Waals surface area contributed by atoms with E-state index in [1.807, 2.05) is 28.8 Å². The number of hydrogen-bond acceptors (Lipinski definition) is 5. The Kier molecular flexibility index (Phi) is 6.15. The number of imidazole rings is 1. The van der Waals surface area contributed by atoms with Crippen LogP contribution in [0.4, 0.5) is 13.2 Å². The molecule has 1 atom stereocenters.